The van der Waals surface area contributed by atoms with Gasteiger partial charge in [-0.15, -0.1) is 12.4 Å². The van der Waals surface area contributed by atoms with E-state index in [2.05, 4.69) is 19.2 Å². The summed E-state index contributed by atoms with van der Waals surface area (Å²) in [5.41, 5.74) is 6.52. The van der Waals surface area contributed by atoms with Gasteiger partial charge in [-0.05, 0) is 24.6 Å². The van der Waals surface area contributed by atoms with Crippen LogP contribution in [0, 0.1) is 0 Å². The Balaban J connectivity index is 0.00000324. The Morgan fingerprint density at radius 1 is 1.37 bits per heavy atom. The number of amides is 1. The lowest BCUT2D eigenvalue weighted by Crippen LogP contribution is -2.43. The number of benzene rings is 1. The van der Waals surface area contributed by atoms with Crippen molar-refractivity contribution in [1.82, 2.24) is 5.32 Å². The summed E-state index contributed by atoms with van der Waals surface area (Å²) in [6.07, 6.45) is 0. The van der Waals surface area contributed by atoms with Gasteiger partial charge < -0.3 is 15.8 Å². The first-order chi connectivity index (χ1) is 8.36. The lowest BCUT2D eigenvalue weighted by Gasteiger charge is -2.26. The van der Waals surface area contributed by atoms with Gasteiger partial charge in [0.15, 0.2) is 0 Å². The first-order valence-electron chi connectivity index (χ1n) is 6.04. The zero-order valence-electron chi connectivity index (χ0n) is 11.9. The van der Waals surface area contributed by atoms with Crippen molar-refractivity contribution < 1.29 is 9.53 Å². The summed E-state index contributed by atoms with van der Waals surface area (Å²) in [6.45, 7) is 6.39. The Hall–Kier alpha value is -1.26. The van der Waals surface area contributed by atoms with E-state index in [1.165, 1.54) is 0 Å². The van der Waals surface area contributed by atoms with Crippen molar-refractivity contribution in [3.8, 4) is 5.75 Å². The van der Waals surface area contributed by atoms with E-state index in [1.807, 2.05) is 24.3 Å². The van der Waals surface area contributed by atoms with Crippen molar-refractivity contribution in [2.75, 3.05) is 13.7 Å². The van der Waals surface area contributed by atoms with Gasteiger partial charge in [0, 0.05) is 12.0 Å². The van der Waals surface area contributed by atoms with Crippen molar-refractivity contribution >= 4 is 18.3 Å². The zero-order valence-corrected chi connectivity index (χ0v) is 12.7. The van der Waals surface area contributed by atoms with Crippen LogP contribution in [-0.2, 0) is 10.2 Å². The molecule has 108 valence electrons. The van der Waals surface area contributed by atoms with E-state index < -0.39 is 6.04 Å². The fourth-order valence-corrected chi connectivity index (χ4v) is 1.61. The van der Waals surface area contributed by atoms with Crippen LogP contribution in [0.3, 0.4) is 0 Å². The first kappa shape index (κ1) is 17.7. The van der Waals surface area contributed by atoms with Crippen molar-refractivity contribution in [1.29, 1.82) is 0 Å². The van der Waals surface area contributed by atoms with Crippen molar-refractivity contribution in [2.45, 2.75) is 32.2 Å². The number of hydrogen-bond acceptors (Lipinski definition) is 3. The highest BCUT2D eigenvalue weighted by Gasteiger charge is 2.22. The molecule has 0 saturated heterocycles. The van der Waals surface area contributed by atoms with E-state index in [0.29, 0.717) is 6.54 Å². The molecule has 0 aliphatic rings. The predicted molar refractivity (Wildman–Crippen MR) is 79.9 cm³/mol. The van der Waals surface area contributed by atoms with E-state index in [9.17, 15) is 4.79 Å². The molecule has 0 aliphatic carbocycles. The number of hydrogen-bond donors (Lipinski definition) is 2. The third kappa shape index (κ3) is 5.09. The molecule has 0 unspecified atom stereocenters. The first-order valence-corrected chi connectivity index (χ1v) is 6.04. The zero-order chi connectivity index (χ0) is 13.8. The molecular formula is C14H23ClN2O2. The summed E-state index contributed by atoms with van der Waals surface area (Å²) >= 11 is 0. The van der Waals surface area contributed by atoms with Crippen LogP contribution in [0.2, 0.25) is 0 Å². The topological polar surface area (TPSA) is 64.3 Å². The van der Waals surface area contributed by atoms with Crippen molar-refractivity contribution in [2.24, 2.45) is 5.73 Å². The fourth-order valence-electron chi connectivity index (χ4n) is 1.61. The molecule has 3 N–H and O–H groups in total. The summed E-state index contributed by atoms with van der Waals surface area (Å²) in [7, 11) is 1.64. The number of methoxy groups -OCH3 is 1. The van der Waals surface area contributed by atoms with Gasteiger partial charge in [0.2, 0.25) is 5.91 Å². The summed E-state index contributed by atoms with van der Waals surface area (Å²) in [6, 6.07) is 7.39. The Morgan fingerprint density at radius 2 is 1.89 bits per heavy atom. The molecule has 1 aromatic carbocycles. The molecule has 0 bridgehead atoms. The standard InChI is InChI=1S/C14H22N2O2.ClH/c1-10(15)13(17)16-9-14(2,3)11-5-7-12(18-4)8-6-11;/h5-8,10H,9,15H2,1-4H3,(H,16,17);1H/t10-;/m0./s1. The second-order valence-electron chi connectivity index (χ2n) is 5.12. The number of rotatable bonds is 5. The van der Waals surface area contributed by atoms with Crippen molar-refractivity contribution in [3.63, 3.8) is 0 Å². The van der Waals surface area contributed by atoms with E-state index >= 15 is 0 Å². The maximum absolute atomic E-state index is 11.5. The van der Waals surface area contributed by atoms with E-state index in [-0.39, 0.29) is 23.7 Å². The lowest BCUT2D eigenvalue weighted by atomic mass is 9.84. The number of halogens is 1. The quantitative estimate of drug-likeness (QED) is 0.868. The molecular weight excluding hydrogens is 264 g/mol. The number of nitrogens with one attached hydrogen (secondary N) is 1. The Kier molecular flexibility index (Phi) is 6.87. The van der Waals surface area contributed by atoms with Gasteiger partial charge in [0.05, 0.1) is 13.2 Å². The fraction of sp³-hybridized carbons (Fsp3) is 0.500. The Labute approximate surface area is 121 Å². The lowest BCUT2D eigenvalue weighted by molar-refractivity contribution is -0.122. The van der Waals surface area contributed by atoms with Crippen LogP contribution in [-0.4, -0.2) is 25.6 Å². The molecule has 19 heavy (non-hydrogen) atoms. The molecule has 0 radical (unpaired) electrons. The molecule has 5 heteroatoms. The van der Waals surface area contributed by atoms with E-state index in [4.69, 9.17) is 10.5 Å². The number of carbonyl (C=O) groups excluding carboxylic acids is 1. The minimum Gasteiger partial charge on any atom is -0.497 e. The van der Waals surface area contributed by atoms with E-state index in [0.717, 1.165) is 11.3 Å². The van der Waals surface area contributed by atoms with Crippen molar-refractivity contribution in [3.05, 3.63) is 29.8 Å². The average Bonchev–Trinajstić information content (AvgIpc) is 2.36. The normalized spacial score (nSPS) is 12.3. The monoisotopic (exact) mass is 286 g/mol. The van der Waals surface area contributed by atoms with E-state index in [1.54, 1.807) is 14.0 Å². The van der Waals surface area contributed by atoms with Gasteiger partial charge >= 0.3 is 0 Å². The average molecular weight is 287 g/mol. The number of ether oxygens (including phenoxy) is 1. The molecule has 1 atom stereocenters. The van der Waals surface area contributed by atoms with Crippen LogP contribution >= 0.6 is 12.4 Å². The second kappa shape index (κ2) is 7.36. The van der Waals surface area contributed by atoms with Crippen LogP contribution in [0.5, 0.6) is 5.75 Å². The molecule has 0 aromatic heterocycles. The minimum absolute atomic E-state index is 0. The Bertz CT molecular complexity index is 402. The van der Waals surface area contributed by atoms with Gasteiger partial charge in [0.1, 0.15) is 5.75 Å². The van der Waals surface area contributed by atoms with Gasteiger partial charge in [0.25, 0.3) is 0 Å². The second-order valence-corrected chi connectivity index (χ2v) is 5.12. The molecule has 1 amide bonds. The predicted octanol–water partition coefficient (Wildman–Crippen LogP) is 1.86. The third-order valence-electron chi connectivity index (χ3n) is 2.99. The van der Waals surface area contributed by atoms with Gasteiger partial charge in [-0.2, -0.15) is 0 Å². The van der Waals surface area contributed by atoms with Crippen LogP contribution in [0.25, 0.3) is 0 Å². The molecule has 4 nitrogen and oxygen atoms in total. The summed E-state index contributed by atoms with van der Waals surface area (Å²) in [5, 5.41) is 2.85. The Morgan fingerprint density at radius 3 is 2.32 bits per heavy atom. The summed E-state index contributed by atoms with van der Waals surface area (Å²) in [4.78, 5) is 11.5. The summed E-state index contributed by atoms with van der Waals surface area (Å²) < 4.78 is 5.13. The van der Waals surface area contributed by atoms with Gasteiger partial charge in [-0.25, -0.2) is 0 Å². The number of nitrogens with two attached hydrogens (primary N) is 1. The highest BCUT2D eigenvalue weighted by atomic mass is 35.5. The maximum atomic E-state index is 11.5. The van der Waals surface area contributed by atoms with Gasteiger partial charge in [-0.1, -0.05) is 26.0 Å². The van der Waals surface area contributed by atoms with Crippen LogP contribution in [0.4, 0.5) is 0 Å². The number of carbonyl (C=O) groups is 1. The third-order valence-corrected chi connectivity index (χ3v) is 2.99. The molecule has 0 spiro atoms. The molecule has 0 fully saturated rings. The highest BCUT2D eigenvalue weighted by molar-refractivity contribution is 5.85. The molecule has 1 rings (SSSR count). The van der Waals surface area contributed by atoms with Gasteiger partial charge in [-0.3, -0.25) is 4.79 Å². The molecule has 0 saturated carbocycles. The largest absolute Gasteiger partial charge is 0.497 e. The molecule has 0 aliphatic heterocycles. The highest BCUT2D eigenvalue weighted by Crippen LogP contribution is 2.24. The summed E-state index contributed by atoms with van der Waals surface area (Å²) in [5.74, 6) is 0.700. The smallest absolute Gasteiger partial charge is 0.236 e. The van der Waals surface area contributed by atoms with Crippen LogP contribution in [0.15, 0.2) is 24.3 Å². The molecule has 0 heterocycles. The molecule has 1 aromatic rings. The van der Waals surface area contributed by atoms with Crippen LogP contribution in [0.1, 0.15) is 26.3 Å². The maximum Gasteiger partial charge on any atom is 0.236 e. The van der Waals surface area contributed by atoms with Crippen LogP contribution < -0.4 is 15.8 Å². The SMILES string of the molecule is COc1ccc(C(C)(C)CNC(=O)[C@H](C)N)cc1.Cl. The minimum atomic E-state index is -0.475.